The number of fused-ring (bicyclic) bond motifs is 3. The number of ether oxygens (including phenoxy) is 3. The van der Waals surface area contributed by atoms with Gasteiger partial charge in [0.1, 0.15) is 29.7 Å². The minimum absolute atomic E-state index is 0.0166. The summed E-state index contributed by atoms with van der Waals surface area (Å²) in [6, 6.07) is 1.90. The van der Waals surface area contributed by atoms with E-state index in [1.54, 1.807) is 20.8 Å². The van der Waals surface area contributed by atoms with Crippen molar-refractivity contribution in [1.29, 1.82) is 0 Å². The fourth-order valence-corrected chi connectivity index (χ4v) is 7.55. The fraction of sp³-hybridized carbons (Fsp3) is 0.559. The Morgan fingerprint density at radius 2 is 1.83 bits per heavy atom. The number of benzene rings is 2. The maximum absolute atomic E-state index is 16.9. The van der Waals surface area contributed by atoms with Gasteiger partial charge in [0.15, 0.2) is 12.0 Å². The summed E-state index contributed by atoms with van der Waals surface area (Å²) in [7, 11) is 0. The Morgan fingerprint density at radius 3 is 2.54 bits per heavy atom. The molecule has 258 valence electrons. The summed E-state index contributed by atoms with van der Waals surface area (Å²) in [5.74, 6) is -2.79. The van der Waals surface area contributed by atoms with Crippen LogP contribution in [0.25, 0.3) is 32.9 Å². The molecule has 5 heterocycles. The lowest BCUT2D eigenvalue weighted by Crippen LogP contribution is -2.43. The van der Waals surface area contributed by atoms with Crippen LogP contribution in [0.3, 0.4) is 0 Å². The summed E-state index contributed by atoms with van der Waals surface area (Å²) in [6.07, 6.45) is -1.23. The van der Waals surface area contributed by atoms with Crippen molar-refractivity contribution < 1.29 is 40.6 Å². The maximum atomic E-state index is 16.9. The Kier molecular flexibility index (Phi) is 8.05. The van der Waals surface area contributed by atoms with Gasteiger partial charge in [-0.15, -0.1) is 0 Å². The van der Waals surface area contributed by atoms with Crippen molar-refractivity contribution >= 4 is 21.8 Å². The highest BCUT2D eigenvalue weighted by atomic mass is 19.4. The lowest BCUT2D eigenvalue weighted by atomic mass is 9.90. The number of rotatable bonds is 6. The molecule has 48 heavy (non-hydrogen) atoms. The van der Waals surface area contributed by atoms with Crippen LogP contribution in [-0.4, -0.2) is 68.3 Å². The highest BCUT2D eigenvalue weighted by Gasteiger charge is 2.49. The SMILES string of the molecule is Cc1cc2c(cnn2C2CCCCO2)c(-c2c(F)cc3c(OC(C)(C)C)nc(OC[C@@]45CCCN4C[C@H](F)C5)nc3c2F)c1C(F)(F)F. The van der Waals surface area contributed by atoms with Gasteiger partial charge >= 0.3 is 12.2 Å². The summed E-state index contributed by atoms with van der Waals surface area (Å²) in [4.78, 5) is 10.6. The number of nitrogens with zero attached hydrogens (tertiary/aromatic N) is 5. The minimum Gasteiger partial charge on any atom is -0.471 e. The molecule has 8 nitrogen and oxygen atoms in total. The lowest BCUT2D eigenvalue weighted by molar-refractivity contribution is -0.137. The van der Waals surface area contributed by atoms with Gasteiger partial charge in [0.2, 0.25) is 5.88 Å². The first kappa shape index (κ1) is 32.9. The largest absolute Gasteiger partial charge is 0.471 e. The normalized spacial score (nSPS) is 23.7. The Labute approximate surface area is 273 Å². The van der Waals surface area contributed by atoms with Gasteiger partial charge in [-0.25, -0.2) is 17.9 Å². The summed E-state index contributed by atoms with van der Waals surface area (Å²) in [5, 5.41) is 4.08. The smallest absolute Gasteiger partial charge is 0.417 e. The van der Waals surface area contributed by atoms with Gasteiger partial charge in [-0.2, -0.15) is 28.2 Å². The first-order chi connectivity index (χ1) is 22.6. The van der Waals surface area contributed by atoms with Crippen LogP contribution < -0.4 is 9.47 Å². The van der Waals surface area contributed by atoms with E-state index in [0.717, 1.165) is 25.3 Å². The third-order valence-corrected chi connectivity index (χ3v) is 9.52. The molecule has 3 atom stereocenters. The molecular formula is C34H37F6N5O3. The van der Waals surface area contributed by atoms with Crippen LogP contribution in [0, 0.1) is 18.6 Å². The first-order valence-electron chi connectivity index (χ1n) is 16.3. The van der Waals surface area contributed by atoms with Crippen molar-refractivity contribution in [2.75, 3.05) is 26.3 Å². The van der Waals surface area contributed by atoms with Crippen LogP contribution in [0.4, 0.5) is 26.3 Å². The van der Waals surface area contributed by atoms with Gasteiger partial charge in [-0.1, -0.05) is 0 Å². The maximum Gasteiger partial charge on any atom is 0.417 e. The highest BCUT2D eigenvalue weighted by Crippen LogP contribution is 2.47. The molecule has 0 N–H and O–H groups in total. The Morgan fingerprint density at radius 1 is 1.04 bits per heavy atom. The van der Waals surface area contributed by atoms with E-state index < -0.39 is 63.6 Å². The summed E-state index contributed by atoms with van der Waals surface area (Å²) in [5.41, 5.74) is -4.67. The van der Waals surface area contributed by atoms with Gasteiger partial charge in [0, 0.05) is 30.5 Å². The van der Waals surface area contributed by atoms with Gasteiger partial charge in [-0.05, 0) is 84.0 Å². The zero-order valence-electron chi connectivity index (χ0n) is 27.2. The van der Waals surface area contributed by atoms with Crippen LogP contribution in [0.5, 0.6) is 11.9 Å². The van der Waals surface area contributed by atoms with E-state index in [9.17, 15) is 17.6 Å². The quantitative estimate of drug-likeness (QED) is 0.191. The zero-order valence-corrected chi connectivity index (χ0v) is 27.2. The number of aromatic nitrogens is 4. The van der Waals surface area contributed by atoms with E-state index in [-0.39, 0.29) is 53.3 Å². The second kappa shape index (κ2) is 11.7. The Balaban J connectivity index is 1.42. The molecule has 1 unspecified atom stereocenters. The molecule has 2 aromatic heterocycles. The van der Waals surface area contributed by atoms with Crippen molar-refractivity contribution in [2.45, 2.75) is 95.9 Å². The van der Waals surface area contributed by atoms with Crippen LogP contribution in [0.1, 0.15) is 76.7 Å². The second-order valence-electron chi connectivity index (χ2n) is 14.1. The van der Waals surface area contributed by atoms with Crippen LogP contribution in [0.2, 0.25) is 0 Å². The average molecular weight is 678 g/mol. The molecule has 0 aliphatic carbocycles. The van der Waals surface area contributed by atoms with Crippen molar-refractivity contribution in [3.63, 3.8) is 0 Å². The lowest BCUT2D eigenvalue weighted by Gasteiger charge is -2.31. The molecule has 7 rings (SSSR count). The molecule has 0 saturated carbocycles. The second-order valence-corrected chi connectivity index (χ2v) is 14.1. The van der Waals surface area contributed by atoms with E-state index in [0.29, 0.717) is 26.0 Å². The summed E-state index contributed by atoms with van der Waals surface area (Å²) >= 11 is 0. The number of aryl methyl sites for hydroxylation is 1. The fourth-order valence-electron chi connectivity index (χ4n) is 7.55. The third-order valence-electron chi connectivity index (χ3n) is 9.52. The van der Waals surface area contributed by atoms with E-state index in [2.05, 4.69) is 15.1 Å². The van der Waals surface area contributed by atoms with E-state index in [1.165, 1.54) is 23.9 Å². The number of alkyl halides is 4. The number of hydrogen-bond donors (Lipinski definition) is 0. The van der Waals surface area contributed by atoms with Crippen molar-refractivity contribution in [2.24, 2.45) is 0 Å². The topological polar surface area (TPSA) is 74.5 Å². The molecule has 4 aromatic rings. The van der Waals surface area contributed by atoms with E-state index in [1.807, 2.05) is 4.90 Å². The van der Waals surface area contributed by atoms with Crippen LogP contribution in [0.15, 0.2) is 18.3 Å². The number of halogens is 6. The van der Waals surface area contributed by atoms with Crippen molar-refractivity contribution in [1.82, 2.24) is 24.6 Å². The predicted octanol–water partition coefficient (Wildman–Crippen LogP) is 8.08. The molecule has 0 bridgehead atoms. The van der Waals surface area contributed by atoms with Crippen molar-refractivity contribution in [3.8, 4) is 23.0 Å². The molecule has 2 aromatic carbocycles. The molecule has 3 saturated heterocycles. The predicted molar refractivity (Wildman–Crippen MR) is 166 cm³/mol. The Hall–Kier alpha value is -3.65. The zero-order chi connectivity index (χ0) is 34.2. The van der Waals surface area contributed by atoms with Crippen molar-refractivity contribution in [3.05, 3.63) is 41.1 Å². The van der Waals surface area contributed by atoms with Gasteiger partial charge in [0.05, 0.1) is 33.8 Å². The molecule has 0 amide bonds. The van der Waals surface area contributed by atoms with Crippen LogP contribution in [-0.2, 0) is 10.9 Å². The molecule has 14 heteroatoms. The molecule has 0 radical (unpaired) electrons. The standard InChI is InChI=1S/C34H37F6N5O3/c1-18-12-23-21(15-41-45(23)24-8-5-6-11-46-24)25(27(18)34(38,39)40)26-22(36)13-20-29(28(26)37)42-31(43-30(20)48-32(2,3)4)47-17-33-9-7-10-44(33)16-19(35)14-33/h12-13,15,19,24H,5-11,14,16-17H2,1-4H3/t19-,24?,33+/m1/s1. The first-order valence-corrected chi connectivity index (χ1v) is 16.3. The van der Waals surface area contributed by atoms with Gasteiger partial charge in [0.25, 0.3) is 0 Å². The summed E-state index contributed by atoms with van der Waals surface area (Å²) in [6.45, 7) is 7.87. The monoisotopic (exact) mass is 677 g/mol. The molecule has 0 spiro atoms. The van der Waals surface area contributed by atoms with Gasteiger partial charge in [-0.3, -0.25) is 4.90 Å². The highest BCUT2D eigenvalue weighted by molar-refractivity contribution is 6.00. The molecule has 3 aliphatic rings. The molecular weight excluding hydrogens is 640 g/mol. The number of hydrogen-bond acceptors (Lipinski definition) is 7. The summed E-state index contributed by atoms with van der Waals surface area (Å²) < 4.78 is 111. The van der Waals surface area contributed by atoms with E-state index in [4.69, 9.17) is 14.2 Å². The van der Waals surface area contributed by atoms with Gasteiger partial charge < -0.3 is 14.2 Å². The van der Waals surface area contributed by atoms with E-state index >= 15 is 8.78 Å². The molecule has 3 fully saturated rings. The third kappa shape index (κ3) is 5.74. The Bertz CT molecular complexity index is 1880. The minimum atomic E-state index is -4.96. The average Bonchev–Trinajstić information content (AvgIpc) is 3.67. The molecule has 3 aliphatic heterocycles. The van der Waals surface area contributed by atoms with Crippen LogP contribution >= 0.6 is 0 Å².